The third-order valence-electron chi connectivity index (χ3n) is 7.19. The molecule has 7 nitrogen and oxygen atoms in total. The van der Waals surface area contributed by atoms with Crippen molar-refractivity contribution in [1.82, 2.24) is 10.2 Å². The van der Waals surface area contributed by atoms with E-state index in [-0.39, 0.29) is 37.4 Å². The summed E-state index contributed by atoms with van der Waals surface area (Å²) in [6.07, 6.45) is 8.97. The Labute approximate surface area is 212 Å². The van der Waals surface area contributed by atoms with Crippen LogP contribution in [0.25, 0.3) is 0 Å². The zero-order valence-corrected chi connectivity index (χ0v) is 21.0. The average molecular weight is 493 g/mol. The van der Waals surface area contributed by atoms with Crippen LogP contribution in [0.1, 0.15) is 63.2 Å². The second kappa shape index (κ2) is 12.1. The van der Waals surface area contributed by atoms with Crippen molar-refractivity contribution in [3.8, 4) is 0 Å². The summed E-state index contributed by atoms with van der Waals surface area (Å²) in [5, 5.41) is 2.98. The molecule has 4 rings (SSSR count). The summed E-state index contributed by atoms with van der Waals surface area (Å²) in [6, 6.07) is 13.9. The molecule has 2 atom stereocenters. The number of likely N-dealkylation sites (tertiary alicyclic amines) is 1. The molecule has 2 heterocycles. The highest BCUT2D eigenvalue weighted by atomic mass is 16.5. The number of amides is 2. The van der Waals surface area contributed by atoms with Crippen LogP contribution in [-0.4, -0.2) is 35.8 Å². The summed E-state index contributed by atoms with van der Waals surface area (Å²) >= 11 is 0. The third kappa shape index (κ3) is 5.89. The van der Waals surface area contributed by atoms with Gasteiger partial charge in [-0.25, -0.2) is 0 Å². The third-order valence-corrected chi connectivity index (χ3v) is 7.19. The van der Waals surface area contributed by atoms with E-state index < -0.39 is 11.3 Å². The van der Waals surface area contributed by atoms with Crippen LogP contribution in [0.4, 0.5) is 0 Å². The first-order valence-electron chi connectivity index (χ1n) is 13.1. The lowest BCUT2D eigenvalue weighted by Crippen LogP contribution is -2.54. The maximum Gasteiger partial charge on any atom is 0.318 e. The van der Waals surface area contributed by atoms with Gasteiger partial charge < -0.3 is 19.4 Å². The van der Waals surface area contributed by atoms with E-state index in [2.05, 4.69) is 17.4 Å². The van der Waals surface area contributed by atoms with Crippen LogP contribution < -0.4 is 5.32 Å². The summed E-state index contributed by atoms with van der Waals surface area (Å²) in [5.41, 5.74) is 1.08. The second-order valence-corrected chi connectivity index (χ2v) is 9.69. The highest BCUT2D eigenvalue weighted by Gasteiger charge is 2.54. The molecule has 0 bridgehead atoms. The largest absolute Gasteiger partial charge is 0.467 e. The van der Waals surface area contributed by atoms with Crippen molar-refractivity contribution in [2.75, 3.05) is 13.2 Å². The Morgan fingerprint density at radius 3 is 2.75 bits per heavy atom. The smallest absolute Gasteiger partial charge is 0.318 e. The number of allylic oxidation sites excluding steroid dienone is 1. The van der Waals surface area contributed by atoms with Crippen molar-refractivity contribution in [3.05, 3.63) is 71.8 Å². The van der Waals surface area contributed by atoms with Gasteiger partial charge in [-0.2, -0.15) is 0 Å². The number of hydrogen-bond donors (Lipinski definition) is 1. The Bertz CT molecular complexity index is 1060. The molecule has 192 valence electrons. The number of ether oxygens (including phenoxy) is 1. The molecule has 1 fully saturated rings. The van der Waals surface area contributed by atoms with Gasteiger partial charge in [0.15, 0.2) is 0 Å². The van der Waals surface area contributed by atoms with E-state index in [0.717, 1.165) is 32.1 Å². The lowest BCUT2D eigenvalue weighted by molar-refractivity contribution is -0.162. The molecule has 2 aromatic rings. The number of esters is 1. The predicted octanol–water partition coefficient (Wildman–Crippen LogP) is 4.77. The molecule has 7 heteroatoms. The number of rotatable bonds is 11. The van der Waals surface area contributed by atoms with Crippen molar-refractivity contribution in [2.24, 2.45) is 11.3 Å². The average Bonchev–Trinajstić information content (AvgIpc) is 3.40. The van der Waals surface area contributed by atoms with Crippen molar-refractivity contribution < 1.29 is 23.5 Å². The molecule has 1 aromatic heterocycles. The Balaban J connectivity index is 1.42. The van der Waals surface area contributed by atoms with Gasteiger partial charge in [0.2, 0.25) is 11.8 Å². The van der Waals surface area contributed by atoms with Crippen molar-refractivity contribution >= 4 is 17.8 Å². The first-order valence-corrected chi connectivity index (χ1v) is 13.1. The molecule has 0 unspecified atom stereocenters. The van der Waals surface area contributed by atoms with Gasteiger partial charge >= 0.3 is 5.97 Å². The number of furan rings is 1. The number of nitrogens with one attached hydrogen (secondary N) is 1. The van der Waals surface area contributed by atoms with Gasteiger partial charge in [0, 0.05) is 24.6 Å². The molecule has 1 saturated heterocycles. The monoisotopic (exact) mass is 492 g/mol. The lowest BCUT2D eigenvalue weighted by Gasteiger charge is -2.47. The van der Waals surface area contributed by atoms with Crippen LogP contribution in [-0.2, 0) is 32.1 Å². The van der Waals surface area contributed by atoms with Crippen molar-refractivity contribution in [1.29, 1.82) is 0 Å². The van der Waals surface area contributed by atoms with Crippen LogP contribution in [0.3, 0.4) is 0 Å². The molecule has 0 saturated carbocycles. The number of unbranched alkanes of at least 4 members (excludes halogenated alkanes) is 1. The van der Waals surface area contributed by atoms with Crippen LogP contribution in [0.15, 0.2) is 64.9 Å². The zero-order chi connectivity index (χ0) is 25.4. The van der Waals surface area contributed by atoms with E-state index in [1.54, 1.807) is 24.2 Å². The van der Waals surface area contributed by atoms with Crippen molar-refractivity contribution in [3.63, 3.8) is 0 Å². The highest BCUT2D eigenvalue weighted by molar-refractivity contribution is 5.92. The quantitative estimate of drug-likeness (QED) is 0.360. The molecular weight excluding hydrogens is 456 g/mol. The fourth-order valence-corrected chi connectivity index (χ4v) is 5.45. The van der Waals surface area contributed by atoms with Gasteiger partial charge in [-0.1, -0.05) is 36.4 Å². The Morgan fingerprint density at radius 1 is 1.17 bits per heavy atom. The van der Waals surface area contributed by atoms with E-state index >= 15 is 0 Å². The van der Waals surface area contributed by atoms with E-state index in [0.29, 0.717) is 30.8 Å². The first kappa shape index (κ1) is 25.7. The highest BCUT2D eigenvalue weighted by Crippen LogP contribution is 2.50. The Kier molecular flexibility index (Phi) is 8.62. The molecular formula is C29H36N2O5. The molecule has 1 aromatic carbocycles. The number of carbonyl (C=O) groups is 3. The summed E-state index contributed by atoms with van der Waals surface area (Å²) in [4.78, 5) is 41.4. The maximum atomic E-state index is 13.6. The standard InChI is InChI=1S/C29H36N2O5/c1-2-35-28(34)29-16-8-6-15-25(29)31(21-24-14-10-18-36-24)27(33)23(20-29)19-26(32)30-17-9-7-13-22-11-4-3-5-12-22/h3-5,10-12,14-15,18,23H,2,6-9,13,16-17,19-21H2,1H3,(H,30,32)/t23-,29+/m1/s1. The van der Waals surface area contributed by atoms with E-state index in [1.807, 2.05) is 30.3 Å². The molecule has 2 amide bonds. The van der Waals surface area contributed by atoms with Gasteiger partial charge in [0.25, 0.3) is 0 Å². The number of hydrogen-bond acceptors (Lipinski definition) is 5. The number of piperidine rings is 1. The normalized spacial score (nSPS) is 21.5. The molecule has 1 aliphatic carbocycles. The van der Waals surface area contributed by atoms with E-state index in [1.165, 1.54) is 5.56 Å². The number of aryl methyl sites for hydroxylation is 1. The van der Waals surface area contributed by atoms with Crippen LogP contribution in [0.5, 0.6) is 0 Å². The molecule has 0 spiro atoms. The zero-order valence-electron chi connectivity index (χ0n) is 21.0. The maximum absolute atomic E-state index is 13.6. The fraction of sp³-hybridized carbons (Fsp3) is 0.483. The summed E-state index contributed by atoms with van der Waals surface area (Å²) in [6.45, 7) is 2.86. The van der Waals surface area contributed by atoms with Gasteiger partial charge in [-0.05, 0) is 69.6 Å². The van der Waals surface area contributed by atoms with E-state index in [4.69, 9.17) is 9.15 Å². The van der Waals surface area contributed by atoms with Gasteiger partial charge in [-0.3, -0.25) is 14.4 Å². The SMILES string of the molecule is CCOC(=O)[C@]12CCCC=C1N(Cc1ccco1)C(=O)[C@H](CC(=O)NCCCCc1ccccc1)C2. The fourth-order valence-electron chi connectivity index (χ4n) is 5.45. The molecule has 1 N–H and O–H groups in total. The predicted molar refractivity (Wildman–Crippen MR) is 135 cm³/mol. The number of nitrogens with zero attached hydrogens (tertiary/aromatic N) is 1. The molecule has 0 radical (unpaired) electrons. The summed E-state index contributed by atoms with van der Waals surface area (Å²) in [5.74, 6) is -0.564. The number of benzene rings is 1. The minimum Gasteiger partial charge on any atom is -0.467 e. The second-order valence-electron chi connectivity index (χ2n) is 9.69. The first-order chi connectivity index (χ1) is 17.5. The molecule has 1 aliphatic heterocycles. The van der Waals surface area contributed by atoms with Crippen LogP contribution in [0.2, 0.25) is 0 Å². The summed E-state index contributed by atoms with van der Waals surface area (Å²) < 4.78 is 11.0. The van der Waals surface area contributed by atoms with Gasteiger partial charge in [0.05, 0.1) is 19.4 Å². The minimum absolute atomic E-state index is 0.0562. The topological polar surface area (TPSA) is 88.8 Å². The minimum atomic E-state index is -0.907. The summed E-state index contributed by atoms with van der Waals surface area (Å²) in [7, 11) is 0. The molecule has 36 heavy (non-hydrogen) atoms. The Morgan fingerprint density at radius 2 is 2.00 bits per heavy atom. The van der Waals surface area contributed by atoms with Crippen LogP contribution in [0, 0.1) is 11.3 Å². The van der Waals surface area contributed by atoms with E-state index in [9.17, 15) is 14.4 Å². The van der Waals surface area contributed by atoms with Gasteiger partial charge in [-0.15, -0.1) is 0 Å². The van der Waals surface area contributed by atoms with Gasteiger partial charge in [0.1, 0.15) is 11.2 Å². The molecule has 2 aliphatic rings. The number of carbonyl (C=O) groups excluding carboxylic acids is 3. The Hall–Kier alpha value is -3.35. The lowest BCUT2D eigenvalue weighted by atomic mass is 9.66. The van der Waals surface area contributed by atoms with Crippen LogP contribution >= 0.6 is 0 Å². The van der Waals surface area contributed by atoms with Crippen molar-refractivity contribution in [2.45, 2.75) is 64.8 Å². The number of fused-ring (bicyclic) bond motifs is 1.